The van der Waals surface area contributed by atoms with E-state index in [9.17, 15) is 0 Å². The van der Waals surface area contributed by atoms with Crippen molar-refractivity contribution in [3.63, 3.8) is 0 Å². The third-order valence-corrected chi connectivity index (χ3v) is 3.02. The van der Waals surface area contributed by atoms with Crippen LogP contribution in [0.15, 0.2) is 0 Å². The summed E-state index contributed by atoms with van der Waals surface area (Å²) in [5.41, 5.74) is 0. The summed E-state index contributed by atoms with van der Waals surface area (Å²) in [6.07, 6.45) is 5.06. The summed E-state index contributed by atoms with van der Waals surface area (Å²) in [6.45, 7) is 15.0. The highest BCUT2D eigenvalue weighted by atomic mass is 15.2. The molecule has 0 aliphatic heterocycles. The Balaban J connectivity index is 4.09. The molecule has 0 aromatic rings. The molecular weight excluding hydrogens is 196 g/mol. The molecule has 0 aromatic heterocycles. The normalized spacial score (nSPS) is 13.7. The molecule has 0 fully saturated rings. The van der Waals surface area contributed by atoms with Crippen LogP contribution in [0.4, 0.5) is 0 Å². The molecule has 0 aliphatic carbocycles. The molecule has 0 spiro atoms. The average molecular weight is 228 g/mol. The van der Waals surface area contributed by atoms with Gasteiger partial charge in [0.25, 0.3) is 0 Å². The van der Waals surface area contributed by atoms with Crippen molar-refractivity contribution in [2.75, 3.05) is 19.6 Å². The van der Waals surface area contributed by atoms with Crippen molar-refractivity contribution < 1.29 is 0 Å². The number of hydrogen-bond acceptors (Lipinski definition) is 2. The lowest BCUT2D eigenvalue weighted by Crippen LogP contribution is -2.44. The maximum absolute atomic E-state index is 3.67. The average Bonchev–Trinajstić information content (AvgIpc) is 2.25. The van der Waals surface area contributed by atoms with Gasteiger partial charge in [-0.15, -0.1) is 0 Å². The van der Waals surface area contributed by atoms with E-state index < -0.39 is 0 Å². The van der Waals surface area contributed by atoms with Crippen LogP contribution >= 0.6 is 0 Å². The molecular formula is C14H32N2. The Kier molecular flexibility index (Phi) is 10.0. The molecule has 1 N–H and O–H groups in total. The smallest absolute Gasteiger partial charge is 0.0195 e. The summed E-state index contributed by atoms with van der Waals surface area (Å²) in [7, 11) is 0. The lowest BCUT2D eigenvalue weighted by Gasteiger charge is -2.31. The molecule has 0 amide bonds. The first kappa shape index (κ1) is 15.9. The Morgan fingerprint density at radius 3 is 2.12 bits per heavy atom. The minimum atomic E-state index is 0.669. The van der Waals surface area contributed by atoms with Gasteiger partial charge >= 0.3 is 0 Å². The molecule has 0 aliphatic rings. The zero-order valence-electron chi connectivity index (χ0n) is 12.1. The van der Waals surface area contributed by atoms with Crippen LogP contribution in [0.3, 0.4) is 0 Å². The van der Waals surface area contributed by atoms with Gasteiger partial charge in [-0.1, -0.05) is 27.2 Å². The maximum Gasteiger partial charge on any atom is 0.0195 e. The summed E-state index contributed by atoms with van der Waals surface area (Å²) in [5, 5.41) is 3.67. The van der Waals surface area contributed by atoms with E-state index in [1.165, 1.54) is 38.8 Å². The third-order valence-electron chi connectivity index (χ3n) is 3.02. The van der Waals surface area contributed by atoms with Crippen LogP contribution < -0.4 is 5.32 Å². The standard InChI is InChI=1S/C14H32N2/c1-6-9-14(15-10-7-2)12-16(11-8-3)13(4)5/h13-15H,6-12H2,1-5H3. The monoisotopic (exact) mass is 228 g/mol. The van der Waals surface area contributed by atoms with Crippen molar-refractivity contribution in [2.24, 2.45) is 0 Å². The lowest BCUT2D eigenvalue weighted by atomic mass is 10.1. The fraction of sp³-hybridized carbons (Fsp3) is 1.00. The molecule has 16 heavy (non-hydrogen) atoms. The number of rotatable bonds is 10. The minimum absolute atomic E-state index is 0.669. The van der Waals surface area contributed by atoms with E-state index in [-0.39, 0.29) is 0 Å². The highest BCUT2D eigenvalue weighted by Gasteiger charge is 2.14. The van der Waals surface area contributed by atoms with Crippen LogP contribution in [0.1, 0.15) is 60.3 Å². The number of nitrogens with one attached hydrogen (secondary N) is 1. The molecule has 1 atom stereocenters. The molecule has 0 radical (unpaired) electrons. The molecule has 2 nitrogen and oxygen atoms in total. The van der Waals surface area contributed by atoms with E-state index in [2.05, 4.69) is 44.8 Å². The Bertz CT molecular complexity index is 146. The van der Waals surface area contributed by atoms with Gasteiger partial charge in [-0.25, -0.2) is 0 Å². The SMILES string of the molecule is CCCNC(CCC)CN(CCC)C(C)C. The summed E-state index contributed by atoms with van der Waals surface area (Å²) < 4.78 is 0. The lowest BCUT2D eigenvalue weighted by molar-refractivity contribution is 0.193. The van der Waals surface area contributed by atoms with Crippen LogP contribution in [0, 0.1) is 0 Å². The van der Waals surface area contributed by atoms with E-state index in [0.717, 1.165) is 6.54 Å². The van der Waals surface area contributed by atoms with Gasteiger partial charge in [0.15, 0.2) is 0 Å². The van der Waals surface area contributed by atoms with E-state index in [1.54, 1.807) is 0 Å². The van der Waals surface area contributed by atoms with Gasteiger partial charge in [-0.2, -0.15) is 0 Å². The summed E-state index contributed by atoms with van der Waals surface area (Å²) in [5.74, 6) is 0. The topological polar surface area (TPSA) is 15.3 Å². The van der Waals surface area contributed by atoms with Gasteiger partial charge in [0.05, 0.1) is 0 Å². The highest BCUT2D eigenvalue weighted by molar-refractivity contribution is 4.73. The second-order valence-electron chi connectivity index (χ2n) is 5.03. The number of nitrogens with zero attached hydrogens (tertiary/aromatic N) is 1. The van der Waals surface area contributed by atoms with Crippen molar-refractivity contribution in [1.29, 1.82) is 0 Å². The van der Waals surface area contributed by atoms with Crippen LogP contribution in [0.5, 0.6) is 0 Å². The first-order valence-corrected chi connectivity index (χ1v) is 7.13. The molecule has 0 rings (SSSR count). The molecule has 0 saturated heterocycles. The Morgan fingerprint density at radius 2 is 1.69 bits per heavy atom. The zero-order valence-corrected chi connectivity index (χ0v) is 12.1. The fourth-order valence-electron chi connectivity index (χ4n) is 2.09. The van der Waals surface area contributed by atoms with Gasteiger partial charge in [0, 0.05) is 18.6 Å². The summed E-state index contributed by atoms with van der Waals surface area (Å²) in [4.78, 5) is 2.60. The van der Waals surface area contributed by atoms with Crippen molar-refractivity contribution in [3.05, 3.63) is 0 Å². The van der Waals surface area contributed by atoms with Crippen LogP contribution in [-0.2, 0) is 0 Å². The molecule has 1 unspecified atom stereocenters. The molecule has 98 valence electrons. The second-order valence-corrected chi connectivity index (χ2v) is 5.03. The third kappa shape index (κ3) is 7.24. The van der Waals surface area contributed by atoms with Crippen LogP contribution in [0.2, 0.25) is 0 Å². The van der Waals surface area contributed by atoms with Crippen LogP contribution in [-0.4, -0.2) is 36.6 Å². The maximum atomic E-state index is 3.67. The molecule has 0 bridgehead atoms. The van der Waals surface area contributed by atoms with Gasteiger partial charge in [0.2, 0.25) is 0 Å². The zero-order chi connectivity index (χ0) is 12.4. The number of hydrogen-bond donors (Lipinski definition) is 1. The van der Waals surface area contributed by atoms with E-state index >= 15 is 0 Å². The first-order chi connectivity index (χ1) is 7.65. The predicted octanol–water partition coefficient (Wildman–Crippen LogP) is 3.28. The Labute approximate surface area is 103 Å². The summed E-state index contributed by atoms with van der Waals surface area (Å²) >= 11 is 0. The molecule has 0 saturated carbocycles. The van der Waals surface area contributed by atoms with Crippen molar-refractivity contribution in [2.45, 2.75) is 72.4 Å². The quantitative estimate of drug-likeness (QED) is 0.617. The highest BCUT2D eigenvalue weighted by Crippen LogP contribution is 2.05. The largest absolute Gasteiger partial charge is 0.313 e. The van der Waals surface area contributed by atoms with Gasteiger partial charge in [-0.3, -0.25) is 4.90 Å². The Hall–Kier alpha value is -0.0800. The first-order valence-electron chi connectivity index (χ1n) is 7.13. The van der Waals surface area contributed by atoms with E-state index in [4.69, 9.17) is 0 Å². The van der Waals surface area contributed by atoms with Crippen molar-refractivity contribution in [1.82, 2.24) is 10.2 Å². The van der Waals surface area contributed by atoms with Crippen molar-refractivity contribution >= 4 is 0 Å². The van der Waals surface area contributed by atoms with Crippen molar-refractivity contribution in [3.8, 4) is 0 Å². The van der Waals surface area contributed by atoms with Gasteiger partial charge in [-0.05, 0) is 46.2 Å². The Morgan fingerprint density at radius 1 is 1.00 bits per heavy atom. The predicted molar refractivity (Wildman–Crippen MR) is 74.0 cm³/mol. The second kappa shape index (κ2) is 10.1. The van der Waals surface area contributed by atoms with Gasteiger partial charge < -0.3 is 5.32 Å². The minimum Gasteiger partial charge on any atom is -0.313 e. The van der Waals surface area contributed by atoms with Crippen LogP contribution in [0.25, 0.3) is 0 Å². The molecule has 0 heterocycles. The molecule has 0 aromatic carbocycles. The van der Waals surface area contributed by atoms with E-state index in [1.807, 2.05) is 0 Å². The van der Waals surface area contributed by atoms with Gasteiger partial charge in [0.1, 0.15) is 0 Å². The molecule has 2 heteroatoms. The summed E-state index contributed by atoms with van der Waals surface area (Å²) in [6, 6.07) is 1.35. The fourth-order valence-corrected chi connectivity index (χ4v) is 2.09. The van der Waals surface area contributed by atoms with E-state index in [0.29, 0.717) is 12.1 Å².